The summed E-state index contributed by atoms with van der Waals surface area (Å²) in [6.45, 7) is 3.98. The highest BCUT2D eigenvalue weighted by Crippen LogP contribution is 2.26. The lowest BCUT2D eigenvalue weighted by Crippen LogP contribution is -2.14. The maximum Gasteiger partial charge on any atom is 0.283 e. The molecule has 0 saturated carbocycles. The van der Waals surface area contributed by atoms with Crippen molar-refractivity contribution in [3.05, 3.63) is 50.0 Å². The molecule has 0 aliphatic heterocycles. The Kier molecular flexibility index (Phi) is 4.54. The number of nitro benzene ring substituents is 1. The van der Waals surface area contributed by atoms with Crippen LogP contribution in [0.2, 0.25) is 5.02 Å². The molecule has 0 radical (unpaired) electrons. The van der Waals surface area contributed by atoms with Crippen LogP contribution in [0.1, 0.15) is 35.8 Å². The van der Waals surface area contributed by atoms with Gasteiger partial charge in [-0.25, -0.2) is 4.98 Å². The number of nitrogens with zero attached hydrogens (tertiary/aromatic N) is 2. The number of carbonyl (C=O) groups excluding carboxylic acids is 1. The number of hydrogen-bond acceptors (Lipinski definition) is 5. The van der Waals surface area contributed by atoms with Gasteiger partial charge in [-0.1, -0.05) is 25.4 Å². The molecule has 1 amide bonds. The van der Waals surface area contributed by atoms with Gasteiger partial charge in [0.1, 0.15) is 5.56 Å². The molecule has 0 bridgehead atoms. The maximum absolute atomic E-state index is 12.1. The molecule has 1 aromatic heterocycles. The Bertz CT molecular complexity index is 700. The van der Waals surface area contributed by atoms with Crippen molar-refractivity contribution in [3.8, 4) is 0 Å². The Hall–Kier alpha value is -1.99. The first-order valence-electron chi connectivity index (χ1n) is 6.09. The highest BCUT2D eigenvalue weighted by atomic mass is 35.5. The molecule has 0 unspecified atom stereocenters. The summed E-state index contributed by atoms with van der Waals surface area (Å²) in [6, 6.07) is 3.91. The number of nitrogens with one attached hydrogen (secondary N) is 1. The molecule has 6 nitrogen and oxygen atoms in total. The molecule has 0 spiro atoms. The van der Waals surface area contributed by atoms with Gasteiger partial charge in [-0.15, -0.1) is 11.3 Å². The van der Waals surface area contributed by atoms with Gasteiger partial charge in [0.05, 0.1) is 10.6 Å². The molecule has 8 heteroatoms. The van der Waals surface area contributed by atoms with Crippen LogP contribution in [-0.4, -0.2) is 15.8 Å². The van der Waals surface area contributed by atoms with E-state index in [1.807, 2.05) is 19.2 Å². The third-order valence-corrected chi connectivity index (χ3v) is 3.75. The number of rotatable bonds is 4. The van der Waals surface area contributed by atoms with Gasteiger partial charge in [0.25, 0.3) is 11.6 Å². The third kappa shape index (κ3) is 3.56. The lowest BCUT2D eigenvalue weighted by atomic mass is 10.1. The van der Waals surface area contributed by atoms with Crippen molar-refractivity contribution in [2.45, 2.75) is 19.8 Å². The summed E-state index contributed by atoms with van der Waals surface area (Å²) in [6.07, 6.45) is 0. The van der Waals surface area contributed by atoms with Gasteiger partial charge in [0.15, 0.2) is 5.13 Å². The zero-order valence-corrected chi connectivity index (χ0v) is 12.9. The van der Waals surface area contributed by atoms with Crippen LogP contribution in [0.4, 0.5) is 10.8 Å². The molecule has 21 heavy (non-hydrogen) atoms. The number of carbonyl (C=O) groups is 1. The Labute approximate surface area is 129 Å². The normalized spacial score (nSPS) is 10.7. The van der Waals surface area contributed by atoms with Crippen LogP contribution in [0.3, 0.4) is 0 Å². The zero-order valence-electron chi connectivity index (χ0n) is 11.3. The van der Waals surface area contributed by atoms with Gasteiger partial charge in [-0.2, -0.15) is 0 Å². The predicted molar refractivity (Wildman–Crippen MR) is 82.3 cm³/mol. The van der Waals surface area contributed by atoms with Gasteiger partial charge in [-0.3, -0.25) is 20.2 Å². The van der Waals surface area contributed by atoms with Crippen molar-refractivity contribution >= 4 is 39.7 Å². The summed E-state index contributed by atoms with van der Waals surface area (Å²) in [5.74, 6) is -0.334. The van der Waals surface area contributed by atoms with Crippen molar-refractivity contribution in [1.29, 1.82) is 0 Å². The summed E-state index contributed by atoms with van der Waals surface area (Å²) in [5, 5.41) is 16.0. The first-order valence-corrected chi connectivity index (χ1v) is 7.35. The average molecular weight is 326 g/mol. The summed E-state index contributed by atoms with van der Waals surface area (Å²) >= 11 is 7.00. The molecule has 0 fully saturated rings. The van der Waals surface area contributed by atoms with E-state index in [4.69, 9.17) is 11.6 Å². The predicted octanol–water partition coefficient (Wildman–Crippen LogP) is 4.08. The zero-order chi connectivity index (χ0) is 15.6. The lowest BCUT2D eigenvalue weighted by Gasteiger charge is -2.03. The second-order valence-corrected chi connectivity index (χ2v) is 5.90. The maximum atomic E-state index is 12.1. The van der Waals surface area contributed by atoms with Crippen molar-refractivity contribution < 1.29 is 9.72 Å². The Morgan fingerprint density at radius 1 is 1.48 bits per heavy atom. The van der Waals surface area contributed by atoms with Crippen molar-refractivity contribution in [1.82, 2.24) is 4.98 Å². The molecule has 0 atom stereocenters. The molecule has 2 aromatic rings. The number of amides is 1. The van der Waals surface area contributed by atoms with Crippen molar-refractivity contribution in [2.24, 2.45) is 0 Å². The molecular weight excluding hydrogens is 314 g/mol. The highest BCUT2D eigenvalue weighted by molar-refractivity contribution is 7.14. The summed E-state index contributed by atoms with van der Waals surface area (Å²) in [4.78, 5) is 26.7. The van der Waals surface area contributed by atoms with E-state index >= 15 is 0 Å². The second-order valence-electron chi connectivity index (χ2n) is 4.60. The quantitative estimate of drug-likeness (QED) is 0.678. The standard InChI is InChI=1S/C13H12ClN3O3S/c1-7(2)10-6-21-13(15-10)16-12(18)9-4-3-8(14)5-11(9)17(19)20/h3-7H,1-2H3,(H,15,16,18). The van der Waals surface area contributed by atoms with E-state index in [-0.39, 0.29) is 22.2 Å². The van der Waals surface area contributed by atoms with Crippen LogP contribution >= 0.6 is 22.9 Å². The van der Waals surface area contributed by atoms with E-state index in [9.17, 15) is 14.9 Å². The second kappa shape index (κ2) is 6.19. The third-order valence-electron chi connectivity index (χ3n) is 2.74. The van der Waals surface area contributed by atoms with Crippen LogP contribution in [0.25, 0.3) is 0 Å². The van der Waals surface area contributed by atoms with Gasteiger partial charge in [0.2, 0.25) is 0 Å². The van der Waals surface area contributed by atoms with E-state index in [1.54, 1.807) is 0 Å². The SMILES string of the molecule is CC(C)c1csc(NC(=O)c2ccc(Cl)cc2[N+](=O)[O-])n1. The van der Waals surface area contributed by atoms with Gasteiger partial charge in [-0.05, 0) is 18.1 Å². The molecule has 2 rings (SSSR count). The fourth-order valence-corrected chi connectivity index (χ4v) is 2.65. The molecule has 110 valence electrons. The fourth-order valence-electron chi connectivity index (χ4n) is 1.62. The number of aromatic nitrogens is 1. The molecule has 1 N–H and O–H groups in total. The Morgan fingerprint density at radius 3 is 2.76 bits per heavy atom. The van der Waals surface area contributed by atoms with E-state index in [2.05, 4.69) is 10.3 Å². The molecule has 0 saturated heterocycles. The van der Waals surface area contributed by atoms with Crippen LogP contribution in [0.5, 0.6) is 0 Å². The van der Waals surface area contributed by atoms with E-state index in [1.165, 1.54) is 23.5 Å². The topological polar surface area (TPSA) is 85.1 Å². The summed E-state index contributed by atoms with van der Waals surface area (Å²) in [5.41, 5.74) is 0.479. The number of hydrogen-bond donors (Lipinski definition) is 1. The van der Waals surface area contributed by atoms with Crippen LogP contribution in [-0.2, 0) is 0 Å². The average Bonchev–Trinajstić information content (AvgIpc) is 2.87. The van der Waals surface area contributed by atoms with E-state index in [0.717, 1.165) is 11.8 Å². The lowest BCUT2D eigenvalue weighted by molar-refractivity contribution is -0.385. The highest BCUT2D eigenvalue weighted by Gasteiger charge is 2.21. The van der Waals surface area contributed by atoms with Gasteiger partial charge in [0, 0.05) is 16.5 Å². The van der Waals surface area contributed by atoms with Crippen LogP contribution in [0, 0.1) is 10.1 Å². The number of anilines is 1. The number of nitro groups is 1. The minimum absolute atomic E-state index is 0.0503. The summed E-state index contributed by atoms with van der Waals surface area (Å²) in [7, 11) is 0. The Balaban J connectivity index is 2.26. The molecule has 0 aliphatic carbocycles. The molecule has 0 aliphatic rings. The molecule has 1 heterocycles. The Morgan fingerprint density at radius 2 is 2.19 bits per heavy atom. The minimum atomic E-state index is -0.637. The van der Waals surface area contributed by atoms with Gasteiger partial charge >= 0.3 is 0 Å². The number of benzene rings is 1. The van der Waals surface area contributed by atoms with E-state index in [0.29, 0.717) is 5.13 Å². The van der Waals surface area contributed by atoms with Crippen molar-refractivity contribution in [2.75, 3.05) is 5.32 Å². The molecular formula is C13H12ClN3O3S. The van der Waals surface area contributed by atoms with E-state index < -0.39 is 10.8 Å². The van der Waals surface area contributed by atoms with Crippen molar-refractivity contribution in [3.63, 3.8) is 0 Å². The van der Waals surface area contributed by atoms with Crippen LogP contribution < -0.4 is 5.32 Å². The smallest absolute Gasteiger partial charge is 0.283 e. The summed E-state index contributed by atoms with van der Waals surface area (Å²) < 4.78 is 0. The monoisotopic (exact) mass is 325 g/mol. The van der Waals surface area contributed by atoms with Gasteiger partial charge < -0.3 is 0 Å². The number of halogens is 1. The minimum Gasteiger partial charge on any atom is -0.298 e. The molecule has 1 aromatic carbocycles. The fraction of sp³-hybridized carbons (Fsp3) is 0.231. The first kappa shape index (κ1) is 15.4. The largest absolute Gasteiger partial charge is 0.298 e. The van der Waals surface area contributed by atoms with Crippen LogP contribution in [0.15, 0.2) is 23.6 Å². The first-order chi connectivity index (χ1) is 9.88. The number of thiazole rings is 1.